The molecule has 0 aliphatic carbocycles. The number of para-hydroxylation sites is 1. The van der Waals surface area contributed by atoms with Gasteiger partial charge in [-0.1, -0.05) is 12.1 Å². The van der Waals surface area contributed by atoms with Gasteiger partial charge in [-0.2, -0.15) is 10.4 Å². The lowest BCUT2D eigenvalue weighted by molar-refractivity contribution is 0.588. The molecule has 0 fully saturated rings. The van der Waals surface area contributed by atoms with E-state index in [1.165, 1.54) is 19.2 Å². The Morgan fingerprint density at radius 1 is 1.47 bits per heavy atom. The summed E-state index contributed by atoms with van der Waals surface area (Å²) in [5, 5.41) is 19.3. The molecular formula is C10H12N6O2S. The van der Waals surface area contributed by atoms with Gasteiger partial charge < -0.3 is 5.73 Å². The molecule has 0 aliphatic rings. The first-order chi connectivity index (χ1) is 8.92. The zero-order valence-electron chi connectivity index (χ0n) is 10.0. The van der Waals surface area contributed by atoms with Gasteiger partial charge >= 0.3 is 0 Å². The first-order valence-corrected chi connectivity index (χ1v) is 6.51. The first-order valence-electron chi connectivity index (χ1n) is 5.03. The SMILES string of the molecule is CNS(=O)(=O)c1ccccc1N/N=C(\C#N)C(=N)N. The highest BCUT2D eigenvalue weighted by Gasteiger charge is 2.15. The Bertz CT molecular complexity index is 659. The predicted octanol–water partition coefficient (Wildman–Crippen LogP) is -0.178. The molecule has 0 saturated heterocycles. The van der Waals surface area contributed by atoms with Crippen LogP contribution in [0.1, 0.15) is 0 Å². The summed E-state index contributed by atoms with van der Waals surface area (Å²) in [6.45, 7) is 0. The number of hydrogen-bond donors (Lipinski definition) is 4. The van der Waals surface area contributed by atoms with Crippen LogP contribution in [0.25, 0.3) is 0 Å². The second-order valence-corrected chi connectivity index (χ2v) is 5.16. The van der Waals surface area contributed by atoms with Crippen molar-refractivity contribution >= 4 is 27.3 Å². The number of nitriles is 1. The highest BCUT2D eigenvalue weighted by molar-refractivity contribution is 7.89. The number of nitrogens with zero attached hydrogens (tertiary/aromatic N) is 2. The van der Waals surface area contributed by atoms with Crippen molar-refractivity contribution in [2.24, 2.45) is 10.8 Å². The number of benzene rings is 1. The number of rotatable bonds is 5. The van der Waals surface area contributed by atoms with E-state index < -0.39 is 15.9 Å². The highest BCUT2D eigenvalue weighted by Crippen LogP contribution is 2.20. The lowest BCUT2D eigenvalue weighted by Crippen LogP contribution is -2.23. The second kappa shape index (κ2) is 5.94. The molecule has 0 aliphatic heterocycles. The predicted molar refractivity (Wildman–Crippen MR) is 71.3 cm³/mol. The average molecular weight is 280 g/mol. The van der Waals surface area contributed by atoms with Crippen LogP contribution >= 0.6 is 0 Å². The van der Waals surface area contributed by atoms with Gasteiger partial charge in [-0.05, 0) is 19.2 Å². The quantitative estimate of drug-likeness (QED) is 0.336. The summed E-state index contributed by atoms with van der Waals surface area (Å²) < 4.78 is 25.7. The maximum Gasteiger partial charge on any atom is 0.242 e. The fourth-order valence-electron chi connectivity index (χ4n) is 1.16. The van der Waals surface area contributed by atoms with Crippen molar-refractivity contribution < 1.29 is 8.42 Å². The summed E-state index contributed by atoms with van der Waals surface area (Å²) in [6.07, 6.45) is 0. The van der Waals surface area contributed by atoms with Crippen LogP contribution in [0.5, 0.6) is 0 Å². The van der Waals surface area contributed by atoms with Crippen molar-refractivity contribution in [3.05, 3.63) is 24.3 Å². The Morgan fingerprint density at radius 2 is 2.11 bits per heavy atom. The van der Waals surface area contributed by atoms with Gasteiger partial charge in [0.25, 0.3) is 0 Å². The van der Waals surface area contributed by atoms with Crippen molar-refractivity contribution in [3.63, 3.8) is 0 Å². The van der Waals surface area contributed by atoms with Gasteiger partial charge in [-0.15, -0.1) is 0 Å². The Labute approximate surface area is 110 Å². The largest absolute Gasteiger partial charge is 0.382 e. The maximum atomic E-state index is 11.7. The molecule has 0 bridgehead atoms. The number of sulfonamides is 1. The molecule has 1 rings (SSSR count). The van der Waals surface area contributed by atoms with E-state index in [9.17, 15) is 8.42 Å². The third-order valence-electron chi connectivity index (χ3n) is 2.09. The second-order valence-electron chi connectivity index (χ2n) is 3.30. The van der Waals surface area contributed by atoms with Gasteiger partial charge in [0.2, 0.25) is 15.7 Å². The maximum absolute atomic E-state index is 11.7. The number of amidine groups is 1. The average Bonchev–Trinajstić information content (AvgIpc) is 2.39. The molecular weight excluding hydrogens is 268 g/mol. The van der Waals surface area contributed by atoms with Gasteiger partial charge in [0.15, 0.2) is 5.84 Å². The standard InChI is InChI=1S/C10H12N6O2S/c1-14-19(17,18)9-5-3-2-4-7(9)15-16-8(6-11)10(12)13/h2-5,14-15H,1H3,(H3,12,13)/b16-8+. The number of hydrogen-bond acceptors (Lipinski definition) is 6. The van der Waals surface area contributed by atoms with Crippen LogP contribution in [-0.4, -0.2) is 27.0 Å². The van der Waals surface area contributed by atoms with Crippen LogP contribution in [0.2, 0.25) is 0 Å². The summed E-state index contributed by atoms with van der Waals surface area (Å²) in [6, 6.07) is 7.62. The topological polar surface area (TPSA) is 144 Å². The van der Waals surface area contributed by atoms with E-state index in [1.54, 1.807) is 18.2 Å². The van der Waals surface area contributed by atoms with E-state index in [2.05, 4.69) is 15.2 Å². The molecule has 100 valence electrons. The van der Waals surface area contributed by atoms with Crippen molar-refractivity contribution in [2.45, 2.75) is 4.90 Å². The lowest BCUT2D eigenvalue weighted by atomic mass is 10.3. The van der Waals surface area contributed by atoms with E-state index in [0.717, 1.165) is 0 Å². The van der Waals surface area contributed by atoms with E-state index in [0.29, 0.717) is 0 Å². The Kier molecular flexibility index (Phi) is 4.57. The van der Waals surface area contributed by atoms with Crippen molar-refractivity contribution in [2.75, 3.05) is 12.5 Å². The highest BCUT2D eigenvalue weighted by atomic mass is 32.2. The molecule has 8 nitrogen and oxygen atoms in total. The van der Waals surface area contributed by atoms with Gasteiger partial charge in [0.05, 0.1) is 5.69 Å². The van der Waals surface area contributed by atoms with Gasteiger partial charge in [0, 0.05) is 0 Å². The molecule has 0 radical (unpaired) electrons. The minimum absolute atomic E-state index is 0.0258. The molecule has 9 heteroatoms. The van der Waals surface area contributed by atoms with Crippen LogP contribution in [-0.2, 0) is 10.0 Å². The summed E-state index contributed by atoms with van der Waals surface area (Å²) >= 11 is 0. The molecule has 0 spiro atoms. The first kappa shape index (κ1) is 14.6. The van der Waals surface area contributed by atoms with Crippen molar-refractivity contribution in [1.82, 2.24) is 4.72 Å². The van der Waals surface area contributed by atoms with Crippen LogP contribution in [0, 0.1) is 16.7 Å². The third-order valence-corrected chi connectivity index (χ3v) is 3.57. The molecule has 0 atom stereocenters. The van der Waals surface area contributed by atoms with Gasteiger partial charge in [-0.3, -0.25) is 10.8 Å². The van der Waals surface area contributed by atoms with E-state index >= 15 is 0 Å². The molecule has 1 aromatic rings. The Hall–Kier alpha value is -2.44. The molecule has 0 saturated carbocycles. The summed E-state index contributed by atoms with van der Waals surface area (Å²) in [7, 11) is -2.37. The van der Waals surface area contributed by atoms with Crippen molar-refractivity contribution in [1.29, 1.82) is 10.7 Å². The Morgan fingerprint density at radius 3 is 2.63 bits per heavy atom. The van der Waals surface area contributed by atoms with E-state index in [-0.39, 0.29) is 16.3 Å². The third kappa shape index (κ3) is 3.51. The zero-order valence-corrected chi connectivity index (χ0v) is 10.8. The summed E-state index contributed by atoms with van der Waals surface area (Å²) in [5.41, 5.74) is 7.37. The van der Waals surface area contributed by atoms with Gasteiger partial charge in [-0.25, -0.2) is 13.1 Å². The summed E-state index contributed by atoms with van der Waals surface area (Å²) in [4.78, 5) is -0.0258. The zero-order chi connectivity index (χ0) is 14.5. The number of anilines is 1. The fourth-order valence-corrected chi connectivity index (χ4v) is 2.05. The Balaban J connectivity index is 3.18. The molecule has 0 amide bonds. The molecule has 1 aromatic carbocycles. The number of nitrogens with two attached hydrogens (primary N) is 1. The van der Waals surface area contributed by atoms with Crippen LogP contribution in [0.3, 0.4) is 0 Å². The van der Waals surface area contributed by atoms with Gasteiger partial charge in [0.1, 0.15) is 11.0 Å². The minimum atomic E-state index is -3.65. The lowest BCUT2D eigenvalue weighted by Gasteiger charge is -2.08. The summed E-state index contributed by atoms with van der Waals surface area (Å²) in [5.74, 6) is -0.510. The van der Waals surface area contributed by atoms with Crippen LogP contribution in [0.15, 0.2) is 34.3 Å². The van der Waals surface area contributed by atoms with E-state index in [4.69, 9.17) is 16.4 Å². The minimum Gasteiger partial charge on any atom is -0.382 e. The van der Waals surface area contributed by atoms with E-state index in [1.807, 2.05) is 0 Å². The van der Waals surface area contributed by atoms with Crippen molar-refractivity contribution in [3.8, 4) is 6.07 Å². The fraction of sp³-hybridized carbons (Fsp3) is 0.100. The smallest absolute Gasteiger partial charge is 0.242 e. The van der Waals surface area contributed by atoms with Crippen LogP contribution < -0.4 is 15.9 Å². The normalized spacial score (nSPS) is 11.7. The molecule has 19 heavy (non-hydrogen) atoms. The van der Waals surface area contributed by atoms with Crippen LogP contribution in [0.4, 0.5) is 5.69 Å². The number of nitrogens with one attached hydrogen (secondary N) is 3. The molecule has 5 N–H and O–H groups in total. The molecule has 0 unspecified atom stereocenters. The molecule has 0 heterocycles. The monoisotopic (exact) mass is 280 g/mol. The number of hydrazone groups is 1. The molecule has 0 aromatic heterocycles.